The highest BCUT2D eigenvalue weighted by Gasteiger charge is 2.12. The fraction of sp³-hybridized carbons (Fsp3) is 0.222. The standard InChI is InChI=1S/C9H12ClN3O3S/c10-8-3-1-7(2-4-8)5-12-17(15,16)6-9(11)13-14/h1-4,12,14H,5-6H2,(H2,11,13). The number of oxime groups is 1. The molecule has 94 valence electrons. The van der Waals surface area contributed by atoms with Gasteiger partial charge in [0.1, 0.15) is 5.75 Å². The van der Waals surface area contributed by atoms with Crippen LogP contribution in [0.4, 0.5) is 0 Å². The van der Waals surface area contributed by atoms with Crippen LogP contribution in [0.25, 0.3) is 0 Å². The largest absolute Gasteiger partial charge is 0.409 e. The molecule has 0 aliphatic rings. The monoisotopic (exact) mass is 277 g/mol. The molecule has 0 heterocycles. The second kappa shape index (κ2) is 5.85. The molecule has 0 saturated heterocycles. The van der Waals surface area contributed by atoms with Crippen molar-refractivity contribution >= 4 is 27.5 Å². The molecular formula is C9H12ClN3O3S. The van der Waals surface area contributed by atoms with Crippen LogP contribution < -0.4 is 10.5 Å². The van der Waals surface area contributed by atoms with Crippen LogP contribution in [0, 0.1) is 0 Å². The molecule has 0 amide bonds. The predicted molar refractivity (Wildman–Crippen MR) is 65.5 cm³/mol. The summed E-state index contributed by atoms with van der Waals surface area (Å²) in [7, 11) is -3.60. The maximum Gasteiger partial charge on any atom is 0.219 e. The second-order valence-corrected chi connectivity index (χ2v) is 5.54. The Morgan fingerprint density at radius 1 is 1.41 bits per heavy atom. The van der Waals surface area contributed by atoms with Crippen LogP contribution >= 0.6 is 11.6 Å². The molecule has 6 nitrogen and oxygen atoms in total. The molecule has 0 fully saturated rings. The third-order valence-electron chi connectivity index (χ3n) is 1.88. The van der Waals surface area contributed by atoms with Gasteiger partial charge in [0.15, 0.2) is 5.84 Å². The first-order chi connectivity index (χ1) is 7.93. The molecule has 0 aliphatic heterocycles. The molecule has 0 atom stereocenters. The third-order valence-corrected chi connectivity index (χ3v) is 3.39. The van der Waals surface area contributed by atoms with Gasteiger partial charge in [-0.2, -0.15) is 0 Å². The molecular weight excluding hydrogens is 266 g/mol. The molecule has 0 bridgehead atoms. The van der Waals surface area contributed by atoms with E-state index >= 15 is 0 Å². The molecule has 1 aromatic carbocycles. The summed E-state index contributed by atoms with van der Waals surface area (Å²) in [6.45, 7) is 0.123. The van der Waals surface area contributed by atoms with Gasteiger partial charge in [-0.15, -0.1) is 0 Å². The van der Waals surface area contributed by atoms with E-state index in [0.717, 1.165) is 5.56 Å². The number of hydrogen-bond donors (Lipinski definition) is 3. The van der Waals surface area contributed by atoms with E-state index in [9.17, 15) is 8.42 Å². The number of rotatable bonds is 5. The first kappa shape index (κ1) is 13.8. The Morgan fingerprint density at radius 3 is 2.53 bits per heavy atom. The summed E-state index contributed by atoms with van der Waals surface area (Å²) >= 11 is 5.69. The van der Waals surface area contributed by atoms with Crippen molar-refractivity contribution in [1.29, 1.82) is 0 Å². The first-order valence-electron chi connectivity index (χ1n) is 4.61. The van der Waals surface area contributed by atoms with Crippen molar-refractivity contribution in [3.05, 3.63) is 34.9 Å². The van der Waals surface area contributed by atoms with Gasteiger partial charge in [-0.3, -0.25) is 0 Å². The van der Waals surface area contributed by atoms with Gasteiger partial charge in [-0.05, 0) is 17.7 Å². The molecule has 0 aromatic heterocycles. The van der Waals surface area contributed by atoms with Gasteiger partial charge < -0.3 is 10.9 Å². The number of hydrogen-bond acceptors (Lipinski definition) is 4. The number of halogens is 1. The third kappa shape index (κ3) is 5.03. The molecule has 1 aromatic rings. The zero-order chi connectivity index (χ0) is 12.9. The maximum atomic E-state index is 11.4. The van der Waals surface area contributed by atoms with E-state index in [-0.39, 0.29) is 12.4 Å². The highest BCUT2D eigenvalue weighted by Crippen LogP contribution is 2.09. The zero-order valence-corrected chi connectivity index (χ0v) is 10.4. The van der Waals surface area contributed by atoms with Crippen LogP contribution in [-0.4, -0.2) is 25.2 Å². The van der Waals surface area contributed by atoms with E-state index in [0.29, 0.717) is 5.02 Å². The van der Waals surface area contributed by atoms with Gasteiger partial charge in [0, 0.05) is 11.6 Å². The smallest absolute Gasteiger partial charge is 0.219 e. The number of nitrogens with two attached hydrogens (primary N) is 1. The van der Waals surface area contributed by atoms with E-state index < -0.39 is 15.8 Å². The zero-order valence-electron chi connectivity index (χ0n) is 8.80. The lowest BCUT2D eigenvalue weighted by atomic mass is 10.2. The second-order valence-electron chi connectivity index (χ2n) is 3.30. The molecule has 17 heavy (non-hydrogen) atoms. The minimum atomic E-state index is -3.60. The van der Waals surface area contributed by atoms with Crippen molar-refractivity contribution in [3.8, 4) is 0 Å². The van der Waals surface area contributed by atoms with Crippen molar-refractivity contribution in [2.45, 2.75) is 6.54 Å². The molecule has 0 unspecified atom stereocenters. The predicted octanol–water partition coefficient (Wildman–Crippen LogP) is 0.506. The first-order valence-corrected chi connectivity index (χ1v) is 6.64. The molecule has 0 radical (unpaired) electrons. The number of nitrogens with zero attached hydrogens (tertiary/aromatic N) is 1. The van der Waals surface area contributed by atoms with Crippen LogP contribution in [0.2, 0.25) is 5.02 Å². The van der Waals surface area contributed by atoms with Gasteiger partial charge in [0.2, 0.25) is 10.0 Å². The molecule has 1 rings (SSSR count). The molecule has 0 saturated carbocycles. The average molecular weight is 278 g/mol. The minimum absolute atomic E-state index is 0.123. The summed E-state index contributed by atoms with van der Waals surface area (Å²) in [6, 6.07) is 6.73. The summed E-state index contributed by atoms with van der Waals surface area (Å²) in [5.41, 5.74) is 5.87. The normalized spacial score (nSPS) is 12.6. The van der Waals surface area contributed by atoms with Gasteiger partial charge >= 0.3 is 0 Å². The van der Waals surface area contributed by atoms with Crippen LogP contribution in [0.1, 0.15) is 5.56 Å². The summed E-state index contributed by atoms with van der Waals surface area (Å²) in [5, 5.41) is 11.4. The molecule has 0 spiro atoms. The van der Waals surface area contributed by atoms with Gasteiger partial charge in [-0.25, -0.2) is 13.1 Å². The summed E-state index contributed by atoms with van der Waals surface area (Å²) in [5.74, 6) is -0.912. The Hall–Kier alpha value is -1.31. The highest BCUT2D eigenvalue weighted by atomic mass is 35.5. The summed E-state index contributed by atoms with van der Waals surface area (Å²) in [4.78, 5) is 0. The maximum absolute atomic E-state index is 11.4. The molecule has 4 N–H and O–H groups in total. The van der Waals surface area contributed by atoms with Gasteiger partial charge in [0.05, 0.1) is 0 Å². The Morgan fingerprint density at radius 2 is 2.00 bits per heavy atom. The van der Waals surface area contributed by atoms with E-state index in [1.807, 2.05) is 0 Å². The fourth-order valence-corrected chi connectivity index (χ4v) is 2.13. The highest BCUT2D eigenvalue weighted by molar-refractivity contribution is 7.90. The van der Waals surface area contributed by atoms with E-state index in [1.165, 1.54) is 0 Å². The topological polar surface area (TPSA) is 105 Å². The van der Waals surface area contributed by atoms with Gasteiger partial charge in [-0.1, -0.05) is 28.9 Å². The summed E-state index contributed by atoms with van der Waals surface area (Å²) in [6.07, 6.45) is 0. The quantitative estimate of drug-likeness (QED) is 0.315. The molecule has 0 aliphatic carbocycles. The van der Waals surface area contributed by atoms with E-state index in [2.05, 4.69) is 9.88 Å². The van der Waals surface area contributed by atoms with Crippen molar-refractivity contribution < 1.29 is 13.6 Å². The van der Waals surface area contributed by atoms with Crippen LogP contribution in [0.3, 0.4) is 0 Å². The lowest BCUT2D eigenvalue weighted by Gasteiger charge is -2.05. The van der Waals surface area contributed by atoms with E-state index in [1.54, 1.807) is 24.3 Å². The van der Waals surface area contributed by atoms with E-state index in [4.69, 9.17) is 22.5 Å². The number of amidine groups is 1. The van der Waals surface area contributed by atoms with Crippen LogP contribution in [0.5, 0.6) is 0 Å². The molecule has 8 heteroatoms. The fourth-order valence-electron chi connectivity index (χ4n) is 1.07. The van der Waals surface area contributed by atoms with Crippen molar-refractivity contribution in [3.63, 3.8) is 0 Å². The number of benzene rings is 1. The number of sulfonamides is 1. The Balaban J connectivity index is 2.58. The van der Waals surface area contributed by atoms with Gasteiger partial charge in [0.25, 0.3) is 0 Å². The lowest BCUT2D eigenvalue weighted by molar-refractivity contribution is 0.318. The average Bonchev–Trinajstić information content (AvgIpc) is 2.28. The van der Waals surface area contributed by atoms with Crippen LogP contribution in [-0.2, 0) is 16.6 Å². The van der Waals surface area contributed by atoms with Crippen LogP contribution in [0.15, 0.2) is 29.4 Å². The minimum Gasteiger partial charge on any atom is -0.409 e. The van der Waals surface area contributed by atoms with Crippen molar-refractivity contribution in [2.24, 2.45) is 10.9 Å². The SMILES string of the molecule is NC(CS(=O)(=O)NCc1ccc(Cl)cc1)=NO. The summed E-state index contributed by atoms with van der Waals surface area (Å²) < 4.78 is 25.2. The Bertz CT molecular complexity index is 499. The van der Waals surface area contributed by atoms with Crippen molar-refractivity contribution in [1.82, 2.24) is 4.72 Å². The van der Waals surface area contributed by atoms with Crippen molar-refractivity contribution in [2.75, 3.05) is 5.75 Å². The number of nitrogens with one attached hydrogen (secondary N) is 1. The lowest BCUT2D eigenvalue weighted by Crippen LogP contribution is -2.33. The Kier molecular flexibility index (Phi) is 4.73. The Labute approximate surface area is 104 Å².